The molecule has 0 aromatic heterocycles. The highest BCUT2D eigenvalue weighted by Gasteiger charge is 2.28. The summed E-state index contributed by atoms with van der Waals surface area (Å²) in [6.07, 6.45) is 0.0331. The monoisotopic (exact) mass is 374 g/mol. The molecule has 1 aliphatic heterocycles. The van der Waals surface area contributed by atoms with Crippen molar-refractivity contribution in [2.45, 2.75) is 26.1 Å². The summed E-state index contributed by atoms with van der Waals surface area (Å²) in [6.45, 7) is 2.56. The molecule has 1 N–H and O–H groups in total. The molecule has 0 spiro atoms. The average molecular weight is 374 g/mol. The Hall–Kier alpha value is -2.38. The van der Waals surface area contributed by atoms with Gasteiger partial charge in [-0.25, -0.2) is 8.42 Å². The first-order valence-corrected chi connectivity index (χ1v) is 10.1. The van der Waals surface area contributed by atoms with Crippen LogP contribution in [0.3, 0.4) is 0 Å². The molecule has 0 saturated carbocycles. The van der Waals surface area contributed by atoms with Gasteiger partial charge >= 0.3 is 0 Å². The normalized spacial score (nSPS) is 17.0. The zero-order valence-electron chi connectivity index (χ0n) is 14.6. The molecule has 0 bridgehead atoms. The third-order valence-electron chi connectivity index (χ3n) is 4.23. The van der Waals surface area contributed by atoms with Crippen LogP contribution in [0.25, 0.3) is 0 Å². The molecule has 1 unspecified atom stereocenters. The number of rotatable bonds is 6. The minimum Gasteiger partial charge on any atom is -0.364 e. The number of hydrogen-bond acceptors (Lipinski definition) is 4. The number of carbonyl (C=O) groups excluding carboxylic acids is 1. The second-order valence-electron chi connectivity index (χ2n) is 6.22. The topological polar surface area (TPSA) is 75.7 Å². The van der Waals surface area contributed by atoms with Crippen molar-refractivity contribution in [2.75, 3.05) is 21.9 Å². The van der Waals surface area contributed by atoms with Gasteiger partial charge in [0.15, 0.2) is 0 Å². The van der Waals surface area contributed by atoms with E-state index in [0.29, 0.717) is 30.9 Å². The number of sulfonamides is 1. The molecule has 3 rings (SSSR count). The predicted molar refractivity (Wildman–Crippen MR) is 102 cm³/mol. The van der Waals surface area contributed by atoms with Gasteiger partial charge in [0, 0.05) is 12.2 Å². The van der Waals surface area contributed by atoms with Crippen LogP contribution in [0.15, 0.2) is 54.6 Å². The van der Waals surface area contributed by atoms with Crippen LogP contribution in [0, 0.1) is 0 Å². The molecule has 0 aliphatic carbocycles. The SMILES string of the molecule is CC(OCc1ccccc1)C(=O)Nc1ccc(N2CCCS2(=O)=O)cc1. The van der Waals surface area contributed by atoms with Crippen molar-refractivity contribution in [3.8, 4) is 0 Å². The van der Waals surface area contributed by atoms with Crippen LogP contribution in [0.4, 0.5) is 11.4 Å². The molecular weight excluding hydrogens is 352 g/mol. The average Bonchev–Trinajstić information content (AvgIpc) is 3.00. The first-order chi connectivity index (χ1) is 12.5. The van der Waals surface area contributed by atoms with E-state index < -0.39 is 16.1 Å². The minimum absolute atomic E-state index is 0.182. The van der Waals surface area contributed by atoms with Crippen LogP contribution in [0.1, 0.15) is 18.9 Å². The van der Waals surface area contributed by atoms with Gasteiger partial charge in [0.25, 0.3) is 5.91 Å². The quantitative estimate of drug-likeness (QED) is 0.844. The zero-order valence-corrected chi connectivity index (χ0v) is 15.4. The van der Waals surface area contributed by atoms with E-state index in [2.05, 4.69) is 5.32 Å². The van der Waals surface area contributed by atoms with Crippen LogP contribution in [-0.2, 0) is 26.2 Å². The first kappa shape index (κ1) is 18.4. The number of nitrogens with zero attached hydrogens (tertiary/aromatic N) is 1. The Morgan fingerprint density at radius 2 is 1.85 bits per heavy atom. The van der Waals surface area contributed by atoms with Crippen molar-refractivity contribution in [1.82, 2.24) is 0 Å². The maximum absolute atomic E-state index is 12.2. The minimum atomic E-state index is -3.20. The van der Waals surface area contributed by atoms with Crippen LogP contribution in [-0.4, -0.2) is 32.7 Å². The van der Waals surface area contributed by atoms with Crippen molar-refractivity contribution in [3.05, 3.63) is 60.2 Å². The van der Waals surface area contributed by atoms with Crippen molar-refractivity contribution in [2.24, 2.45) is 0 Å². The molecule has 1 atom stereocenters. The standard InChI is InChI=1S/C19H22N2O4S/c1-15(25-14-16-6-3-2-4-7-16)19(22)20-17-8-10-18(11-9-17)21-12-5-13-26(21,23)24/h2-4,6-11,15H,5,12-14H2,1H3,(H,20,22). The van der Waals surface area contributed by atoms with E-state index in [1.165, 1.54) is 4.31 Å². The van der Waals surface area contributed by atoms with E-state index in [1.54, 1.807) is 31.2 Å². The lowest BCUT2D eigenvalue weighted by molar-refractivity contribution is -0.127. The van der Waals surface area contributed by atoms with Gasteiger partial charge in [-0.3, -0.25) is 9.10 Å². The Labute approximate surface area is 153 Å². The third kappa shape index (κ3) is 4.42. The van der Waals surface area contributed by atoms with E-state index in [0.717, 1.165) is 5.56 Å². The summed E-state index contributed by atoms with van der Waals surface area (Å²) in [4.78, 5) is 12.2. The Morgan fingerprint density at radius 1 is 1.15 bits per heavy atom. The fourth-order valence-electron chi connectivity index (χ4n) is 2.76. The van der Waals surface area contributed by atoms with Crippen LogP contribution in [0.5, 0.6) is 0 Å². The Kier molecular flexibility index (Phi) is 5.58. The predicted octanol–water partition coefficient (Wildman–Crippen LogP) is 2.77. The van der Waals surface area contributed by atoms with Gasteiger partial charge in [-0.2, -0.15) is 0 Å². The lowest BCUT2D eigenvalue weighted by Gasteiger charge is -2.18. The Bertz CT molecular complexity index is 851. The van der Waals surface area contributed by atoms with Crippen molar-refractivity contribution >= 4 is 27.3 Å². The number of nitrogens with one attached hydrogen (secondary N) is 1. The highest BCUT2D eigenvalue weighted by atomic mass is 32.2. The van der Waals surface area contributed by atoms with E-state index in [-0.39, 0.29) is 11.7 Å². The molecule has 26 heavy (non-hydrogen) atoms. The van der Waals surface area contributed by atoms with E-state index in [9.17, 15) is 13.2 Å². The number of ether oxygens (including phenoxy) is 1. The van der Waals surface area contributed by atoms with E-state index in [1.807, 2.05) is 30.3 Å². The number of anilines is 2. The molecule has 7 heteroatoms. The number of hydrogen-bond donors (Lipinski definition) is 1. The molecule has 2 aromatic rings. The van der Waals surface area contributed by atoms with Crippen molar-refractivity contribution in [3.63, 3.8) is 0 Å². The van der Waals surface area contributed by atoms with E-state index in [4.69, 9.17) is 4.74 Å². The van der Waals surface area contributed by atoms with Crippen molar-refractivity contribution < 1.29 is 17.9 Å². The van der Waals surface area contributed by atoms with Gasteiger partial charge in [-0.1, -0.05) is 30.3 Å². The highest BCUT2D eigenvalue weighted by Crippen LogP contribution is 2.25. The number of carbonyl (C=O) groups is 1. The van der Waals surface area contributed by atoms with Gasteiger partial charge in [0.05, 0.1) is 18.0 Å². The third-order valence-corrected chi connectivity index (χ3v) is 6.10. The second-order valence-corrected chi connectivity index (χ2v) is 8.23. The lowest BCUT2D eigenvalue weighted by Crippen LogP contribution is -2.28. The molecule has 6 nitrogen and oxygen atoms in total. The molecule has 138 valence electrons. The van der Waals surface area contributed by atoms with Crippen LogP contribution < -0.4 is 9.62 Å². The number of benzene rings is 2. The van der Waals surface area contributed by atoms with E-state index >= 15 is 0 Å². The van der Waals surface area contributed by atoms with Gasteiger partial charge in [0.1, 0.15) is 6.10 Å². The first-order valence-electron chi connectivity index (χ1n) is 8.52. The van der Waals surface area contributed by atoms with Crippen LogP contribution in [0.2, 0.25) is 0 Å². The van der Waals surface area contributed by atoms with Crippen molar-refractivity contribution in [1.29, 1.82) is 0 Å². The maximum atomic E-state index is 12.2. The molecule has 1 amide bonds. The van der Waals surface area contributed by atoms with Gasteiger partial charge in [-0.15, -0.1) is 0 Å². The molecule has 0 radical (unpaired) electrons. The summed E-state index contributed by atoms with van der Waals surface area (Å²) in [5.74, 6) is -0.0654. The lowest BCUT2D eigenvalue weighted by atomic mass is 10.2. The fraction of sp³-hybridized carbons (Fsp3) is 0.316. The smallest absolute Gasteiger partial charge is 0.253 e. The largest absolute Gasteiger partial charge is 0.364 e. The van der Waals surface area contributed by atoms with Gasteiger partial charge in [-0.05, 0) is 43.2 Å². The summed E-state index contributed by atoms with van der Waals surface area (Å²) in [5.41, 5.74) is 2.22. The Morgan fingerprint density at radius 3 is 2.46 bits per heavy atom. The molecule has 1 fully saturated rings. The molecule has 2 aromatic carbocycles. The zero-order chi connectivity index (χ0) is 18.6. The fourth-order valence-corrected chi connectivity index (χ4v) is 4.32. The summed E-state index contributed by atoms with van der Waals surface area (Å²) in [5, 5.41) is 2.78. The summed E-state index contributed by atoms with van der Waals surface area (Å²) < 4.78 is 30.9. The summed E-state index contributed by atoms with van der Waals surface area (Å²) in [6, 6.07) is 16.5. The molecule has 1 aliphatic rings. The van der Waals surface area contributed by atoms with Gasteiger partial charge < -0.3 is 10.1 Å². The molecular formula is C19H22N2O4S. The number of amides is 1. The summed E-state index contributed by atoms with van der Waals surface area (Å²) >= 11 is 0. The second kappa shape index (κ2) is 7.88. The Balaban J connectivity index is 1.55. The van der Waals surface area contributed by atoms with Crippen LogP contribution >= 0.6 is 0 Å². The summed E-state index contributed by atoms with van der Waals surface area (Å²) in [7, 11) is -3.20. The highest BCUT2D eigenvalue weighted by molar-refractivity contribution is 7.93. The molecule has 1 saturated heterocycles. The maximum Gasteiger partial charge on any atom is 0.253 e. The molecule has 1 heterocycles. The van der Waals surface area contributed by atoms with Gasteiger partial charge in [0.2, 0.25) is 10.0 Å².